The van der Waals surface area contributed by atoms with Gasteiger partial charge >= 0.3 is 0 Å². The third-order valence-corrected chi connectivity index (χ3v) is 5.85. The zero-order chi connectivity index (χ0) is 20.9. The number of carbonyl (C=O) groups is 1. The second kappa shape index (κ2) is 9.36. The third-order valence-electron chi connectivity index (χ3n) is 5.51. The molecule has 3 heterocycles. The Bertz CT molecular complexity index is 986. The molecule has 0 N–H and O–H groups in total. The number of hydrogen-bond donors (Lipinski definition) is 0. The lowest BCUT2D eigenvalue weighted by Gasteiger charge is -2.38. The largest absolute Gasteiger partial charge is 0.340 e. The van der Waals surface area contributed by atoms with Gasteiger partial charge in [-0.1, -0.05) is 35.0 Å². The molecule has 1 amide bonds. The Kier molecular flexibility index (Phi) is 6.40. The van der Waals surface area contributed by atoms with Crippen molar-refractivity contribution < 1.29 is 9.32 Å². The summed E-state index contributed by atoms with van der Waals surface area (Å²) in [5.74, 6) is 1.07. The van der Waals surface area contributed by atoms with Gasteiger partial charge in [0.15, 0.2) is 0 Å². The standard InChI is InChI=1S/C22H24ClN5O2/c1-16(18-6-2-3-7-19(18)23)27-11-13-28(14-12-27)21(29)9-8-20-25-22(26-30-20)17-5-4-10-24-15-17/h2-7,10,15-16H,8-9,11-14H2,1H3. The molecule has 0 radical (unpaired) electrons. The number of hydrogen-bond acceptors (Lipinski definition) is 6. The van der Waals surface area contributed by atoms with Gasteiger partial charge in [-0.3, -0.25) is 14.7 Å². The average molecular weight is 426 g/mol. The minimum absolute atomic E-state index is 0.112. The highest BCUT2D eigenvalue weighted by Crippen LogP contribution is 2.27. The van der Waals surface area contributed by atoms with Crippen molar-refractivity contribution in [2.45, 2.75) is 25.8 Å². The van der Waals surface area contributed by atoms with Crippen molar-refractivity contribution in [3.05, 3.63) is 65.3 Å². The van der Waals surface area contributed by atoms with Gasteiger partial charge in [0.25, 0.3) is 0 Å². The fourth-order valence-corrected chi connectivity index (χ4v) is 4.00. The molecule has 1 unspecified atom stereocenters. The minimum Gasteiger partial charge on any atom is -0.340 e. The van der Waals surface area contributed by atoms with Gasteiger partial charge in [-0.25, -0.2) is 0 Å². The SMILES string of the molecule is CC(c1ccccc1Cl)N1CCN(C(=O)CCc2nc(-c3cccnc3)no2)CC1. The lowest BCUT2D eigenvalue weighted by Crippen LogP contribution is -2.49. The Labute approximate surface area is 180 Å². The number of rotatable bonds is 6. The zero-order valence-corrected chi connectivity index (χ0v) is 17.6. The number of halogens is 1. The van der Waals surface area contributed by atoms with E-state index in [0.717, 1.165) is 29.2 Å². The lowest BCUT2D eigenvalue weighted by molar-refractivity contribution is -0.133. The van der Waals surface area contributed by atoms with Crippen LogP contribution in [0.1, 0.15) is 30.8 Å². The Hall–Kier alpha value is -2.77. The third kappa shape index (κ3) is 4.68. The number of piperazine rings is 1. The van der Waals surface area contributed by atoms with Crippen molar-refractivity contribution in [2.75, 3.05) is 26.2 Å². The van der Waals surface area contributed by atoms with Crippen molar-refractivity contribution in [3.63, 3.8) is 0 Å². The van der Waals surface area contributed by atoms with Crippen LogP contribution < -0.4 is 0 Å². The summed E-state index contributed by atoms with van der Waals surface area (Å²) in [4.78, 5) is 25.3. The molecular weight excluding hydrogens is 402 g/mol. The lowest BCUT2D eigenvalue weighted by atomic mass is 10.1. The first-order valence-electron chi connectivity index (χ1n) is 10.1. The van der Waals surface area contributed by atoms with Gasteiger partial charge in [0.1, 0.15) is 0 Å². The highest BCUT2D eigenvalue weighted by Gasteiger charge is 2.25. The summed E-state index contributed by atoms with van der Waals surface area (Å²) in [7, 11) is 0. The van der Waals surface area contributed by atoms with E-state index in [4.69, 9.17) is 16.1 Å². The highest BCUT2D eigenvalue weighted by atomic mass is 35.5. The van der Waals surface area contributed by atoms with Crippen LogP contribution in [0.15, 0.2) is 53.3 Å². The Balaban J connectivity index is 1.27. The molecule has 1 aliphatic rings. The van der Waals surface area contributed by atoms with Crippen LogP contribution in [-0.4, -0.2) is 57.0 Å². The minimum atomic E-state index is 0.112. The number of benzene rings is 1. The van der Waals surface area contributed by atoms with Crippen LogP contribution in [0.2, 0.25) is 5.02 Å². The molecule has 8 heteroatoms. The molecule has 1 saturated heterocycles. The molecule has 7 nitrogen and oxygen atoms in total. The number of carbonyl (C=O) groups excluding carboxylic acids is 1. The topological polar surface area (TPSA) is 75.4 Å². The fourth-order valence-electron chi connectivity index (χ4n) is 3.71. The quantitative estimate of drug-likeness (QED) is 0.600. The van der Waals surface area contributed by atoms with Crippen LogP contribution in [0.25, 0.3) is 11.4 Å². The van der Waals surface area contributed by atoms with Gasteiger partial charge in [-0.2, -0.15) is 4.98 Å². The van der Waals surface area contributed by atoms with Gasteiger partial charge in [0, 0.05) is 68.0 Å². The van der Waals surface area contributed by atoms with Gasteiger partial charge in [0.2, 0.25) is 17.6 Å². The average Bonchev–Trinajstić information content (AvgIpc) is 3.27. The molecule has 0 aliphatic carbocycles. The summed E-state index contributed by atoms with van der Waals surface area (Å²) in [5.41, 5.74) is 1.92. The van der Waals surface area contributed by atoms with Crippen molar-refractivity contribution >= 4 is 17.5 Å². The maximum Gasteiger partial charge on any atom is 0.227 e. The molecule has 0 saturated carbocycles. The first-order valence-corrected chi connectivity index (χ1v) is 10.5. The smallest absolute Gasteiger partial charge is 0.227 e. The maximum absolute atomic E-state index is 12.6. The molecule has 4 rings (SSSR count). The summed E-state index contributed by atoms with van der Waals surface area (Å²) >= 11 is 6.34. The second-order valence-electron chi connectivity index (χ2n) is 7.37. The van der Waals surface area contributed by atoms with Gasteiger partial charge in [-0.05, 0) is 30.7 Å². The van der Waals surface area contributed by atoms with E-state index in [1.54, 1.807) is 12.4 Å². The van der Waals surface area contributed by atoms with E-state index < -0.39 is 0 Å². The number of pyridine rings is 1. The van der Waals surface area contributed by atoms with E-state index in [1.165, 1.54) is 0 Å². The molecule has 1 aliphatic heterocycles. The Morgan fingerprint density at radius 2 is 1.97 bits per heavy atom. The summed E-state index contributed by atoms with van der Waals surface area (Å²) in [6.45, 7) is 5.22. The predicted molar refractivity (Wildman–Crippen MR) is 114 cm³/mol. The first kappa shape index (κ1) is 20.5. The van der Waals surface area contributed by atoms with E-state index >= 15 is 0 Å². The number of aromatic nitrogens is 3. The molecule has 2 aromatic heterocycles. The summed E-state index contributed by atoms with van der Waals surface area (Å²) < 4.78 is 5.29. The predicted octanol–water partition coefficient (Wildman–Crippen LogP) is 3.62. The van der Waals surface area contributed by atoms with E-state index in [-0.39, 0.29) is 11.9 Å². The second-order valence-corrected chi connectivity index (χ2v) is 7.77. The van der Waals surface area contributed by atoms with Crippen LogP contribution >= 0.6 is 11.6 Å². The molecular formula is C22H24ClN5O2. The fraction of sp³-hybridized carbons (Fsp3) is 0.364. The zero-order valence-electron chi connectivity index (χ0n) is 16.9. The van der Waals surface area contributed by atoms with E-state index in [2.05, 4.69) is 33.0 Å². The van der Waals surface area contributed by atoms with Crippen molar-refractivity contribution in [3.8, 4) is 11.4 Å². The Morgan fingerprint density at radius 3 is 2.70 bits per heavy atom. The van der Waals surface area contributed by atoms with Crippen LogP contribution in [-0.2, 0) is 11.2 Å². The van der Waals surface area contributed by atoms with Crippen molar-refractivity contribution in [1.82, 2.24) is 24.9 Å². The van der Waals surface area contributed by atoms with E-state index in [9.17, 15) is 4.79 Å². The van der Waals surface area contributed by atoms with Gasteiger partial charge in [-0.15, -0.1) is 0 Å². The summed E-state index contributed by atoms with van der Waals surface area (Å²) in [6.07, 6.45) is 4.16. The molecule has 0 spiro atoms. The van der Waals surface area contributed by atoms with Crippen LogP contribution in [0, 0.1) is 0 Å². The molecule has 30 heavy (non-hydrogen) atoms. The number of aryl methyl sites for hydroxylation is 1. The summed E-state index contributed by atoms with van der Waals surface area (Å²) in [5, 5.41) is 4.76. The summed E-state index contributed by atoms with van der Waals surface area (Å²) in [6, 6.07) is 11.9. The number of nitrogens with zero attached hydrogens (tertiary/aromatic N) is 5. The monoisotopic (exact) mass is 425 g/mol. The molecule has 0 bridgehead atoms. The molecule has 3 aromatic rings. The van der Waals surface area contributed by atoms with Crippen molar-refractivity contribution in [1.29, 1.82) is 0 Å². The van der Waals surface area contributed by atoms with E-state index in [1.807, 2.05) is 35.2 Å². The van der Waals surface area contributed by atoms with Gasteiger partial charge in [0.05, 0.1) is 0 Å². The van der Waals surface area contributed by atoms with Crippen LogP contribution in [0.4, 0.5) is 0 Å². The van der Waals surface area contributed by atoms with Crippen LogP contribution in [0.3, 0.4) is 0 Å². The molecule has 1 aromatic carbocycles. The number of amides is 1. The molecule has 1 atom stereocenters. The van der Waals surface area contributed by atoms with E-state index in [0.29, 0.717) is 37.6 Å². The van der Waals surface area contributed by atoms with Crippen LogP contribution in [0.5, 0.6) is 0 Å². The normalized spacial score (nSPS) is 15.9. The molecule has 1 fully saturated rings. The maximum atomic E-state index is 12.6. The highest BCUT2D eigenvalue weighted by molar-refractivity contribution is 6.31. The first-order chi connectivity index (χ1) is 14.6. The Morgan fingerprint density at radius 1 is 1.17 bits per heavy atom. The molecule has 156 valence electrons. The van der Waals surface area contributed by atoms with Gasteiger partial charge < -0.3 is 9.42 Å². The van der Waals surface area contributed by atoms with Crippen molar-refractivity contribution in [2.24, 2.45) is 0 Å².